The SMILES string of the molecule is C=c1[nH]n(-c2ccccc2)c(=O)/c1=C\c1c(C)[nH]n(-c2ccccc2)c1=O. The van der Waals surface area contributed by atoms with Crippen LogP contribution in [0.15, 0.2) is 70.3 Å². The van der Waals surface area contributed by atoms with E-state index in [1.165, 1.54) is 9.36 Å². The maximum Gasteiger partial charge on any atom is 0.279 e. The smallest absolute Gasteiger partial charge is 0.279 e. The van der Waals surface area contributed by atoms with Gasteiger partial charge in [-0.2, -0.15) is 0 Å². The van der Waals surface area contributed by atoms with E-state index in [4.69, 9.17) is 0 Å². The molecule has 4 aromatic rings. The molecule has 0 saturated heterocycles. The molecule has 0 aliphatic rings. The van der Waals surface area contributed by atoms with Gasteiger partial charge in [0.05, 0.1) is 27.5 Å². The van der Waals surface area contributed by atoms with E-state index < -0.39 is 0 Å². The van der Waals surface area contributed by atoms with Crippen molar-refractivity contribution in [3.63, 3.8) is 0 Å². The average molecular weight is 358 g/mol. The molecule has 0 bridgehead atoms. The zero-order chi connectivity index (χ0) is 19.0. The first-order chi connectivity index (χ1) is 13.1. The Kier molecular flexibility index (Phi) is 4.01. The van der Waals surface area contributed by atoms with Crippen molar-refractivity contribution in [2.24, 2.45) is 0 Å². The minimum Gasteiger partial charge on any atom is -0.295 e. The van der Waals surface area contributed by atoms with Gasteiger partial charge in [0.2, 0.25) is 0 Å². The van der Waals surface area contributed by atoms with Crippen molar-refractivity contribution >= 4 is 12.7 Å². The molecule has 0 atom stereocenters. The quantitative estimate of drug-likeness (QED) is 0.577. The molecule has 6 nitrogen and oxygen atoms in total. The fourth-order valence-electron chi connectivity index (χ4n) is 3.04. The van der Waals surface area contributed by atoms with Crippen molar-refractivity contribution < 1.29 is 0 Å². The van der Waals surface area contributed by atoms with E-state index >= 15 is 0 Å². The summed E-state index contributed by atoms with van der Waals surface area (Å²) in [4.78, 5) is 25.7. The molecule has 0 aliphatic heterocycles. The molecular weight excluding hydrogens is 340 g/mol. The van der Waals surface area contributed by atoms with Gasteiger partial charge in [-0.05, 0) is 37.3 Å². The maximum atomic E-state index is 12.9. The number of hydrogen-bond acceptors (Lipinski definition) is 2. The average Bonchev–Trinajstić information content (AvgIpc) is 3.14. The summed E-state index contributed by atoms with van der Waals surface area (Å²) in [7, 11) is 0. The second-order valence-corrected chi connectivity index (χ2v) is 6.25. The highest BCUT2D eigenvalue weighted by Crippen LogP contribution is 2.07. The molecule has 0 amide bonds. The summed E-state index contributed by atoms with van der Waals surface area (Å²) in [5.41, 5.74) is 2.08. The standard InChI is InChI=1S/C21H18N4O2/c1-14-18(20(26)24(22-14)16-9-5-3-6-10-16)13-19-15(2)23-25(21(19)27)17-11-7-4-8-12-17/h3-13,22-23H,1H2,2H3/b18-13-. The lowest BCUT2D eigenvalue weighted by Gasteiger charge is -1.99. The number of aryl methyl sites for hydroxylation is 1. The summed E-state index contributed by atoms with van der Waals surface area (Å²) in [6, 6.07) is 18.5. The van der Waals surface area contributed by atoms with Crippen molar-refractivity contribution in [1.29, 1.82) is 0 Å². The molecule has 134 valence electrons. The van der Waals surface area contributed by atoms with Crippen molar-refractivity contribution in [3.8, 4) is 11.4 Å². The summed E-state index contributed by atoms with van der Waals surface area (Å²) in [6.45, 7) is 5.72. The number of aromatic amines is 2. The van der Waals surface area contributed by atoms with Gasteiger partial charge >= 0.3 is 0 Å². The zero-order valence-electron chi connectivity index (χ0n) is 14.8. The molecule has 2 heterocycles. The van der Waals surface area contributed by atoms with E-state index in [1.54, 1.807) is 13.0 Å². The predicted molar refractivity (Wildman–Crippen MR) is 106 cm³/mol. The lowest BCUT2D eigenvalue weighted by atomic mass is 10.2. The van der Waals surface area contributed by atoms with E-state index in [1.807, 2.05) is 60.7 Å². The van der Waals surface area contributed by atoms with E-state index in [9.17, 15) is 9.59 Å². The number of H-pyrrole nitrogens is 2. The first-order valence-electron chi connectivity index (χ1n) is 8.50. The number of nitrogens with zero attached hydrogens (tertiary/aromatic N) is 2. The highest BCUT2D eigenvalue weighted by Gasteiger charge is 2.12. The third-order valence-electron chi connectivity index (χ3n) is 4.44. The molecule has 6 heteroatoms. The number of para-hydroxylation sites is 2. The van der Waals surface area contributed by atoms with Crippen LogP contribution in [0.3, 0.4) is 0 Å². The van der Waals surface area contributed by atoms with Gasteiger partial charge in [0.15, 0.2) is 0 Å². The summed E-state index contributed by atoms with van der Waals surface area (Å²) in [5, 5.41) is 6.84. The van der Waals surface area contributed by atoms with Crippen LogP contribution in [0.4, 0.5) is 0 Å². The third-order valence-corrected chi connectivity index (χ3v) is 4.44. The summed E-state index contributed by atoms with van der Waals surface area (Å²) >= 11 is 0. The molecular formula is C21H18N4O2. The highest BCUT2D eigenvalue weighted by molar-refractivity contribution is 5.52. The molecule has 4 rings (SSSR count). The zero-order valence-corrected chi connectivity index (χ0v) is 14.8. The molecule has 0 aliphatic carbocycles. The van der Waals surface area contributed by atoms with Crippen LogP contribution in [0.25, 0.3) is 24.0 Å². The topological polar surface area (TPSA) is 75.6 Å². The van der Waals surface area contributed by atoms with Crippen molar-refractivity contribution in [1.82, 2.24) is 19.6 Å². The Morgan fingerprint density at radius 2 is 1.33 bits per heavy atom. The summed E-state index contributed by atoms with van der Waals surface area (Å²) < 4.78 is 2.89. The molecule has 27 heavy (non-hydrogen) atoms. The number of aromatic nitrogens is 4. The first kappa shape index (κ1) is 16.7. The Balaban J connectivity index is 1.91. The van der Waals surface area contributed by atoms with Crippen molar-refractivity contribution in [3.05, 3.63) is 103 Å². The van der Waals surface area contributed by atoms with Gasteiger partial charge in [-0.3, -0.25) is 19.8 Å². The van der Waals surface area contributed by atoms with Gasteiger partial charge in [0.25, 0.3) is 11.1 Å². The van der Waals surface area contributed by atoms with Crippen LogP contribution in [0.2, 0.25) is 0 Å². The Morgan fingerprint density at radius 3 is 1.89 bits per heavy atom. The molecule has 0 fully saturated rings. The lowest BCUT2D eigenvalue weighted by molar-refractivity contribution is 0.835. The van der Waals surface area contributed by atoms with E-state index in [2.05, 4.69) is 16.8 Å². The minimum absolute atomic E-state index is 0.218. The Labute approximate surface area is 154 Å². The lowest BCUT2D eigenvalue weighted by Crippen LogP contribution is -2.34. The van der Waals surface area contributed by atoms with Crippen molar-refractivity contribution in [2.75, 3.05) is 0 Å². The van der Waals surface area contributed by atoms with Gasteiger partial charge in [-0.1, -0.05) is 43.0 Å². The second kappa shape index (κ2) is 6.49. The molecule has 0 saturated carbocycles. The van der Waals surface area contributed by atoms with Gasteiger partial charge in [0, 0.05) is 5.69 Å². The monoisotopic (exact) mass is 358 g/mol. The van der Waals surface area contributed by atoms with Crippen LogP contribution in [-0.2, 0) is 0 Å². The first-order valence-corrected chi connectivity index (χ1v) is 8.50. The van der Waals surface area contributed by atoms with Gasteiger partial charge < -0.3 is 0 Å². The number of hydrogen-bond donors (Lipinski definition) is 2. The summed E-state index contributed by atoms with van der Waals surface area (Å²) in [5.74, 6) is 0. The van der Waals surface area contributed by atoms with E-state index in [-0.39, 0.29) is 11.1 Å². The molecule has 2 aromatic heterocycles. The summed E-state index contributed by atoms with van der Waals surface area (Å²) in [6.07, 6.45) is 1.59. The molecule has 0 spiro atoms. The number of benzene rings is 2. The van der Waals surface area contributed by atoms with Gasteiger partial charge in [-0.15, -0.1) is 0 Å². The van der Waals surface area contributed by atoms with Crippen LogP contribution >= 0.6 is 0 Å². The minimum atomic E-state index is -0.252. The van der Waals surface area contributed by atoms with Crippen LogP contribution < -0.4 is 21.7 Å². The molecule has 0 radical (unpaired) electrons. The van der Waals surface area contributed by atoms with Crippen LogP contribution in [-0.4, -0.2) is 19.6 Å². The number of rotatable bonds is 3. The fraction of sp³-hybridized carbons (Fsp3) is 0.0476. The highest BCUT2D eigenvalue weighted by atomic mass is 16.1. The second-order valence-electron chi connectivity index (χ2n) is 6.25. The Morgan fingerprint density at radius 1 is 0.815 bits per heavy atom. The molecule has 0 unspecified atom stereocenters. The van der Waals surface area contributed by atoms with Gasteiger partial charge in [0.1, 0.15) is 0 Å². The van der Waals surface area contributed by atoms with Crippen molar-refractivity contribution in [2.45, 2.75) is 6.92 Å². The van der Waals surface area contributed by atoms with Crippen LogP contribution in [0.1, 0.15) is 11.3 Å². The van der Waals surface area contributed by atoms with E-state index in [0.29, 0.717) is 27.5 Å². The Bertz CT molecular complexity index is 1320. The maximum absolute atomic E-state index is 12.9. The van der Waals surface area contributed by atoms with Gasteiger partial charge in [-0.25, -0.2) is 9.36 Å². The molecule has 2 N–H and O–H groups in total. The third kappa shape index (κ3) is 2.87. The van der Waals surface area contributed by atoms with Crippen LogP contribution in [0, 0.1) is 6.92 Å². The fourth-order valence-corrected chi connectivity index (χ4v) is 3.04. The predicted octanol–water partition coefficient (Wildman–Crippen LogP) is 1.19. The Hall–Kier alpha value is -3.80. The van der Waals surface area contributed by atoms with E-state index in [0.717, 1.165) is 5.69 Å². The molecule has 2 aromatic carbocycles. The van der Waals surface area contributed by atoms with Crippen LogP contribution in [0.5, 0.6) is 0 Å². The number of nitrogens with one attached hydrogen (secondary N) is 2. The normalized spacial score (nSPS) is 11.8. The largest absolute Gasteiger partial charge is 0.295 e.